The minimum Gasteiger partial charge on any atom is -0.387 e. The van der Waals surface area contributed by atoms with Crippen molar-refractivity contribution in [2.75, 3.05) is 6.61 Å². The van der Waals surface area contributed by atoms with Crippen LogP contribution >= 0.6 is 15.6 Å². The van der Waals surface area contributed by atoms with Gasteiger partial charge in [0.25, 0.3) is 5.56 Å². The summed E-state index contributed by atoms with van der Waals surface area (Å²) in [6.07, 6.45) is -5.32. The lowest BCUT2D eigenvalue weighted by Gasteiger charge is -2.19. The topological polar surface area (TPSA) is 207 Å². The maximum Gasteiger partial charge on any atom is 0.481 e. The molecular formula is C16H20N2O12P2. The lowest BCUT2D eigenvalue weighted by molar-refractivity contribution is -0.0547. The normalized spacial score (nSPS) is 25.5. The molecule has 0 saturated carbocycles. The maximum absolute atomic E-state index is 12.8. The number of aromatic nitrogens is 2. The molecule has 2 unspecified atom stereocenters. The number of hydrogen-bond acceptors (Lipinski definition) is 9. The van der Waals surface area contributed by atoms with Crippen LogP contribution in [0.2, 0.25) is 0 Å². The number of hydrogen-bond donors (Lipinski definition) is 5. The van der Waals surface area contributed by atoms with Crippen LogP contribution in [-0.2, 0) is 29.2 Å². The summed E-state index contributed by atoms with van der Waals surface area (Å²) in [4.78, 5) is 51.6. The van der Waals surface area contributed by atoms with Crippen LogP contribution in [0.1, 0.15) is 11.8 Å². The number of phosphoric acid groups is 2. The largest absolute Gasteiger partial charge is 0.481 e. The number of phosphoric ester groups is 1. The number of rotatable bonds is 8. The Bertz CT molecular complexity index is 1160. The van der Waals surface area contributed by atoms with Gasteiger partial charge in [-0.15, -0.1) is 0 Å². The second kappa shape index (κ2) is 9.49. The summed E-state index contributed by atoms with van der Waals surface area (Å²) < 4.78 is 37.4. The van der Waals surface area contributed by atoms with Crippen molar-refractivity contribution in [1.29, 1.82) is 0 Å². The van der Waals surface area contributed by atoms with Gasteiger partial charge in [0.05, 0.1) is 13.2 Å². The molecular weight excluding hydrogens is 474 g/mol. The molecule has 1 fully saturated rings. The molecule has 16 heteroatoms. The Hall–Kier alpha value is -1.96. The third kappa shape index (κ3) is 5.88. The predicted octanol–water partition coefficient (Wildman–Crippen LogP) is -1.10. The fourth-order valence-corrected chi connectivity index (χ4v) is 4.66. The number of benzene rings is 1. The molecule has 0 amide bonds. The Morgan fingerprint density at radius 2 is 1.66 bits per heavy atom. The van der Waals surface area contributed by atoms with E-state index in [0.29, 0.717) is 5.56 Å². The first kappa shape index (κ1) is 24.7. The van der Waals surface area contributed by atoms with Gasteiger partial charge in [-0.25, -0.2) is 13.9 Å². The summed E-state index contributed by atoms with van der Waals surface area (Å²) in [7, 11) is -10.6. The van der Waals surface area contributed by atoms with Crippen molar-refractivity contribution in [1.82, 2.24) is 9.13 Å². The highest BCUT2D eigenvalue weighted by molar-refractivity contribution is 7.60. The van der Waals surface area contributed by atoms with Crippen molar-refractivity contribution in [3.05, 3.63) is 69.0 Å². The summed E-state index contributed by atoms with van der Waals surface area (Å²) in [6, 6.07) is 9.68. The number of aliphatic hydroxyl groups is 2. The Morgan fingerprint density at radius 3 is 2.28 bits per heavy atom. The number of nitrogens with zero attached hydrogens (tertiary/aromatic N) is 2. The molecule has 5 atom stereocenters. The van der Waals surface area contributed by atoms with Crippen molar-refractivity contribution in [3.8, 4) is 0 Å². The molecule has 1 saturated heterocycles. The average Bonchev–Trinajstić information content (AvgIpc) is 2.97. The van der Waals surface area contributed by atoms with Crippen molar-refractivity contribution in [3.63, 3.8) is 0 Å². The van der Waals surface area contributed by atoms with Crippen LogP contribution in [0, 0.1) is 0 Å². The van der Waals surface area contributed by atoms with E-state index < -0.39 is 58.0 Å². The van der Waals surface area contributed by atoms with E-state index >= 15 is 0 Å². The Labute approximate surface area is 179 Å². The molecule has 2 heterocycles. The van der Waals surface area contributed by atoms with E-state index in [1.165, 1.54) is 0 Å². The predicted molar refractivity (Wildman–Crippen MR) is 105 cm³/mol. The summed E-state index contributed by atoms with van der Waals surface area (Å²) in [5.41, 5.74) is -0.803. The van der Waals surface area contributed by atoms with Gasteiger partial charge in [-0.2, -0.15) is 4.31 Å². The second-order valence-electron chi connectivity index (χ2n) is 6.80. The van der Waals surface area contributed by atoms with Crippen molar-refractivity contribution < 1.29 is 47.6 Å². The molecule has 0 aliphatic carbocycles. The molecule has 0 bridgehead atoms. The van der Waals surface area contributed by atoms with Gasteiger partial charge < -0.3 is 29.6 Å². The molecule has 0 radical (unpaired) electrons. The van der Waals surface area contributed by atoms with Crippen LogP contribution in [-0.4, -0.2) is 58.9 Å². The first-order chi connectivity index (χ1) is 14.9. The molecule has 32 heavy (non-hydrogen) atoms. The molecule has 1 aliphatic heterocycles. The van der Waals surface area contributed by atoms with Crippen molar-refractivity contribution in [2.45, 2.75) is 31.1 Å². The molecule has 1 aromatic heterocycles. The van der Waals surface area contributed by atoms with Gasteiger partial charge in [-0.05, 0) is 5.56 Å². The van der Waals surface area contributed by atoms with Gasteiger partial charge in [-0.1, -0.05) is 30.3 Å². The van der Waals surface area contributed by atoms with Crippen LogP contribution in [0.4, 0.5) is 0 Å². The summed E-state index contributed by atoms with van der Waals surface area (Å²) in [5, 5.41) is 20.5. The molecule has 3 rings (SSSR count). The first-order valence-electron chi connectivity index (χ1n) is 9.00. The standard InChI is InChI=1S/C16H20N2O12P2/c19-12-6-7-17(16(22)18(12)8-10-4-2-1-3-5-10)15-14(21)13(20)11(29-15)9-28-32(26,27)30-31(23,24)25/h1-7,11,13-15,20-21H,8-9H2,(H,26,27)(H2,23,24,25)/t11-,13?,14+,15-/m1/s1. The highest BCUT2D eigenvalue weighted by Crippen LogP contribution is 2.57. The molecule has 176 valence electrons. The van der Waals surface area contributed by atoms with Gasteiger partial charge in [0.2, 0.25) is 0 Å². The van der Waals surface area contributed by atoms with Crippen molar-refractivity contribution in [2.24, 2.45) is 0 Å². The van der Waals surface area contributed by atoms with Crippen LogP contribution in [0.5, 0.6) is 0 Å². The summed E-state index contributed by atoms with van der Waals surface area (Å²) in [6.45, 7) is -0.981. The van der Waals surface area contributed by atoms with E-state index in [1.807, 2.05) is 0 Å². The van der Waals surface area contributed by atoms with E-state index in [-0.39, 0.29) is 6.54 Å². The molecule has 0 spiro atoms. The molecule has 2 aromatic rings. The fourth-order valence-electron chi connectivity index (χ4n) is 3.06. The lowest BCUT2D eigenvalue weighted by atomic mass is 10.1. The minimum atomic E-state index is -5.35. The quantitative estimate of drug-likeness (QED) is 0.277. The monoisotopic (exact) mass is 494 g/mol. The maximum atomic E-state index is 12.8. The smallest absolute Gasteiger partial charge is 0.387 e. The molecule has 14 nitrogen and oxygen atoms in total. The van der Waals surface area contributed by atoms with E-state index in [1.54, 1.807) is 30.3 Å². The summed E-state index contributed by atoms with van der Waals surface area (Å²) in [5.74, 6) is 0. The fraction of sp³-hybridized carbons (Fsp3) is 0.375. The van der Waals surface area contributed by atoms with E-state index in [2.05, 4.69) is 8.83 Å². The molecule has 1 aromatic carbocycles. The Kier molecular flexibility index (Phi) is 7.32. The zero-order valence-corrected chi connectivity index (χ0v) is 17.9. The van der Waals surface area contributed by atoms with Gasteiger partial charge in [0.1, 0.15) is 18.3 Å². The summed E-state index contributed by atoms with van der Waals surface area (Å²) >= 11 is 0. The Morgan fingerprint density at radius 1 is 1.00 bits per heavy atom. The van der Waals surface area contributed by atoms with Crippen LogP contribution in [0.25, 0.3) is 0 Å². The third-order valence-electron chi connectivity index (χ3n) is 4.50. The molecule has 5 N–H and O–H groups in total. The van der Waals surface area contributed by atoms with Gasteiger partial charge in [-0.3, -0.25) is 18.5 Å². The van der Waals surface area contributed by atoms with Gasteiger partial charge in [0.15, 0.2) is 6.23 Å². The SMILES string of the molecule is O=c1ccn([C@@H]2O[C@H](COP(=O)(O)OP(=O)(O)O)C(O)[C@@H]2O)c(=O)n1Cc1ccccc1. The zero-order valence-electron chi connectivity index (χ0n) is 16.1. The van der Waals surface area contributed by atoms with Crippen LogP contribution < -0.4 is 11.2 Å². The lowest BCUT2D eigenvalue weighted by Crippen LogP contribution is -2.43. The Balaban J connectivity index is 1.79. The van der Waals surface area contributed by atoms with E-state index in [4.69, 9.17) is 14.5 Å². The van der Waals surface area contributed by atoms with Gasteiger partial charge in [0, 0.05) is 12.3 Å². The second-order valence-corrected chi connectivity index (χ2v) is 9.63. The average molecular weight is 494 g/mol. The first-order valence-corrected chi connectivity index (χ1v) is 12.0. The van der Waals surface area contributed by atoms with Gasteiger partial charge >= 0.3 is 21.3 Å². The third-order valence-corrected chi connectivity index (χ3v) is 6.65. The highest BCUT2D eigenvalue weighted by atomic mass is 31.3. The minimum absolute atomic E-state index is 0.0648. The van der Waals surface area contributed by atoms with Crippen LogP contribution in [0.3, 0.4) is 0 Å². The number of ether oxygens (including phenoxy) is 1. The highest BCUT2D eigenvalue weighted by Gasteiger charge is 2.45. The van der Waals surface area contributed by atoms with E-state index in [0.717, 1.165) is 21.4 Å². The van der Waals surface area contributed by atoms with E-state index in [9.17, 15) is 33.8 Å². The zero-order chi connectivity index (χ0) is 23.7. The van der Waals surface area contributed by atoms with Crippen molar-refractivity contribution >= 4 is 15.6 Å². The number of aliphatic hydroxyl groups excluding tert-OH is 2. The van der Waals surface area contributed by atoms with Crippen LogP contribution in [0.15, 0.2) is 52.2 Å². The molecule has 1 aliphatic rings.